The minimum Gasteiger partial charge on any atom is -0.480 e. The van der Waals surface area contributed by atoms with Gasteiger partial charge in [0.25, 0.3) is 0 Å². The Morgan fingerprint density at radius 1 is 1.32 bits per heavy atom. The van der Waals surface area contributed by atoms with Crippen LogP contribution in [-0.4, -0.2) is 54.4 Å². The lowest BCUT2D eigenvalue weighted by atomic mass is 10.1. The van der Waals surface area contributed by atoms with Crippen LogP contribution < -0.4 is 14.8 Å². The molecule has 7 nitrogen and oxygen atoms in total. The van der Waals surface area contributed by atoms with E-state index in [4.69, 9.17) is 14.6 Å². The second-order valence-corrected chi connectivity index (χ2v) is 5.37. The van der Waals surface area contributed by atoms with Crippen LogP contribution >= 0.6 is 0 Å². The van der Waals surface area contributed by atoms with E-state index in [9.17, 15) is 9.59 Å². The smallest absolute Gasteiger partial charge is 0.322 e. The summed E-state index contributed by atoms with van der Waals surface area (Å²) in [6.45, 7) is 1.50. The molecule has 7 heteroatoms. The van der Waals surface area contributed by atoms with E-state index < -0.39 is 12.0 Å². The number of nitrogens with one attached hydrogen (secondary N) is 1. The average Bonchev–Trinajstić information content (AvgIpc) is 3.00. The van der Waals surface area contributed by atoms with Crippen LogP contribution in [0.25, 0.3) is 0 Å². The van der Waals surface area contributed by atoms with Gasteiger partial charge in [0, 0.05) is 26.1 Å². The minimum absolute atomic E-state index is 0.0228. The Morgan fingerprint density at radius 2 is 2.14 bits per heavy atom. The zero-order chi connectivity index (χ0) is 15.5. The largest absolute Gasteiger partial charge is 0.480 e. The third-order valence-corrected chi connectivity index (χ3v) is 3.89. The van der Waals surface area contributed by atoms with Crippen molar-refractivity contribution in [2.24, 2.45) is 0 Å². The van der Waals surface area contributed by atoms with Crippen LogP contribution in [0.5, 0.6) is 11.5 Å². The van der Waals surface area contributed by atoms with Gasteiger partial charge < -0.3 is 24.8 Å². The van der Waals surface area contributed by atoms with E-state index in [1.807, 2.05) is 18.2 Å². The summed E-state index contributed by atoms with van der Waals surface area (Å²) in [7, 11) is 0. The maximum atomic E-state index is 12.2. The molecule has 0 radical (unpaired) electrons. The van der Waals surface area contributed by atoms with Crippen LogP contribution in [-0.2, 0) is 16.0 Å². The maximum absolute atomic E-state index is 12.2. The molecule has 2 N–H and O–H groups in total. The molecule has 0 unspecified atom stereocenters. The third kappa shape index (κ3) is 3.14. The van der Waals surface area contributed by atoms with Crippen LogP contribution in [0.2, 0.25) is 0 Å². The lowest BCUT2D eigenvalue weighted by Crippen LogP contribution is -2.55. The van der Waals surface area contributed by atoms with Crippen molar-refractivity contribution in [3.8, 4) is 11.5 Å². The van der Waals surface area contributed by atoms with Gasteiger partial charge in [0.2, 0.25) is 12.7 Å². The number of hydrogen-bond donors (Lipinski definition) is 2. The molecule has 0 aliphatic carbocycles. The van der Waals surface area contributed by atoms with Gasteiger partial charge in [-0.15, -0.1) is 0 Å². The van der Waals surface area contributed by atoms with E-state index in [-0.39, 0.29) is 19.2 Å². The number of aliphatic carboxylic acids is 1. The standard InChI is InChI=1S/C15H18N2O5/c18-14(17-6-5-16-11(8-17)15(19)20)4-2-10-1-3-12-13(7-10)22-9-21-12/h1,3,7,11,16H,2,4-6,8-9H2,(H,19,20)/t11-/m0/s1. The second kappa shape index (κ2) is 6.23. The molecule has 0 saturated carbocycles. The topological polar surface area (TPSA) is 88.1 Å². The fraction of sp³-hybridized carbons (Fsp3) is 0.467. The summed E-state index contributed by atoms with van der Waals surface area (Å²) in [5.74, 6) is 0.484. The molecule has 118 valence electrons. The van der Waals surface area contributed by atoms with Crippen molar-refractivity contribution in [1.82, 2.24) is 10.2 Å². The predicted molar refractivity (Wildman–Crippen MR) is 76.9 cm³/mol. The summed E-state index contributed by atoms with van der Waals surface area (Å²) in [6.07, 6.45) is 0.948. The van der Waals surface area contributed by atoms with Gasteiger partial charge in [-0.2, -0.15) is 0 Å². The van der Waals surface area contributed by atoms with Gasteiger partial charge in [-0.05, 0) is 24.1 Å². The average molecular weight is 306 g/mol. The molecule has 1 amide bonds. The Bertz CT molecular complexity index is 589. The van der Waals surface area contributed by atoms with Gasteiger partial charge in [-0.25, -0.2) is 0 Å². The van der Waals surface area contributed by atoms with E-state index >= 15 is 0 Å². The number of fused-ring (bicyclic) bond motifs is 1. The molecule has 2 heterocycles. The first-order chi connectivity index (χ1) is 10.6. The maximum Gasteiger partial charge on any atom is 0.322 e. The molecule has 1 atom stereocenters. The summed E-state index contributed by atoms with van der Waals surface area (Å²) in [4.78, 5) is 24.8. The number of carboxylic acid groups (broad SMARTS) is 1. The molecule has 2 aliphatic rings. The van der Waals surface area contributed by atoms with Crippen LogP contribution in [0, 0.1) is 0 Å². The van der Waals surface area contributed by atoms with Gasteiger partial charge in [-0.3, -0.25) is 9.59 Å². The van der Waals surface area contributed by atoms with Crippen molar-refractivity contribution >= 4 is 11.9 Å². The first kappa shape index (κ1) is 14.6. The quantitative estimate of drug-likeness (QED) is 0.828. The van der Waals surface area contributed by atoms with Gasteiger partial charge in [0.05, 0.1) is 0 Å². The Kier molecular flexibility index (Phi) is 4.15. The fourth-order valence-electron chi connectivity index (χ4n) is 2.65. The monoisotopic (exact) mass is 306 g/mol. The number of piperazine rings is 1. The van der Waals surface area contributed by atoms with E-state index in [0.717, 1.165) is 11.3 Å². The van der Waals surface area contributed by atoms with Crippen molar-refractivity contribution in [1.29, 1.82) is 0 Å². The molecule has 1 saturated heterocycles. The Balaban J connectivity index is 1.54. The number of carboxylic acids is 1. The van der Waals surface area contributed by atoms with E-state index in [2.05, 4.69) is 5.32 Å². The SMILES string of the molecule is O=C(O)[C@@H]1CN(C(=O)CCc2ccc3c(c2)OCO3)CCN1. The van der Waals surface area contributed by atoms with Crippen molar-refractivity contribution in [2.45, 2.75) is 18.9 Å². The summed E-state index contributed by atoms with van der Waals surface area (Å²) in [5.41, 5.74) is 1.00. The number of carbonyl (C=O) groups excluding carboxylic acids is 1. The normalized spacial score (nSPS) is 20.0. The van der Waals surface area contributed by atoms with Crippen LogP contribution in [0.15, 0.2) is 18.2 Å². The summed E-state index contributed by atoms with van der Waals surface area (Å²) in [5, 5.41) is 11.9. The Hall–Kier alpha value is -2.28. The molecule has 3 rings (SSSR count). The number of hydrogen-bond acceptors (Lipinski definition) is 5. The number of rotatable bonds is 4. The molecule has 2 aliphatic heterocycles. The second-order valence-electron chi connectivity index (χ2n) is 5.37. The van der Waals surface area contributed by atoms with E-state index in [1.165, 1.54) is 0 Å². The highest BCUT2D eigenvalue weighted by molar-refractivity contribution is 5.79. The summed E-state index contributed by atoms with van der Waals surface area (Å²) >= 11 is 0. The first-order valence-corrected chi connectivity index (χ1v) is 7.26. The zero-order valence-corrected chi connectivity index (χ0v) is 12.1. The molecule has 1 aromatic carbocycles. The highest BCUT2D eigenvalue weighted by Crippen LogP contribution is 2.32. The Labute approximate surface area is 127 Å². The lowest BCUT2D eigenvalue weighted by Gasteiger charge is -2.31. The number of aryl methyl sites for hydroxylation is 1. The predicted octanol–water partition coefficient (Wildman–Crippen LogP) is 0.233. The number of amides is 1. The summed E-state index contributed by atoms with van der Waals surface area (Å²) < 4.78 is 10.6. The van der Waals surface area contributed by atoms with Crippen LogP contribution in [0.4, 0.5) is 0 Å². The highest BCUT2D eigenvalue weighted by atomic mass is 16.7. The first-order valence-electron chi connectivity index (χ1n) is 7.26. The summed E-state index contributed by atoms with van der Waals surface area (Å²) in [6, 6.07) is 4.96. The van der Waals surface area contributed by atoms with Gasteiger partial charge in [0.15, 0.2) is 11.5 Å². The molecule has 0 spiro atoms. The van der Waals surface area contributed by atoms with Crippen molar-refractivity contribution in [3.05, 3.63) is 23.8 Å². The molecular weight excluding hydrogens is 288 g/mol. The van der Waals surface area contributed by atoms with Gasteiger partial charge in [-0.1, -0.05) is 6.07 Å². The zero-order valence-electron chi connectivity index (χ0n) is 12.1. The van der Waals surface area contributed by atoms with Crippen molar-refractivity contribution < 1.29 is 24.2 Å². The molecule has 22 heavy (non-hydrogen) atoms. The highest BCUT2D eigenvalue weighted by Gasteiger charge is 2.27. The lowest BCUT2D eigenvalue weighted by molar-refractivity contribution is -0.142. The van der Waals surface area contributed by atoms with Crippen molar-refractivity contribution in [3.63, 3.8) is 0 Å². The molecule has 1 fully saturated rings. The van der Waals surface area contributed by atoms with E-state index in [1.54, 1.807) is 4.90 Å². The molecule has 0 bridgehead atoms. The molecular formula is C15H18N2O5. The van der Waals surface area contributed by atoms with E-state index in [0.29, 0.717) is 31.7 Å². The number of ether oxygens (including phenoxy) is 2. The third-order valence-electron chi connectivity index (χ3n) is 3.89. The van der Waals surface area contributed by atoms with Crippen LogP contribution in [0.3, 0.4) is 0 Å². The Morgan fingerprint density at radius 3 is 2.95 bits per heavy atom. The number of nitrogens with zero attached hydrogens (tertiary/aromatic N) is 1. The number of carbonyl (C=O) groups is 2. The van der Waals surface area contributed by atoms with Gasteiger partial charge in [0.1, 0.15) is 6.04 Å². The van der Waals surface area contributed by atoms with Gasteiger partial charge >= 0.3 is 5.97 Å². The molecule has 0 aromatic heterocycles. The fourth-order valence-corrected chi connectivity index (χ4v) is 2.65. The number of benzene rings is 1. The van der Waals surface area contributed by atoms with Crippen molar-refractivity contribution in [2.75, 3.05) is 26.4 Å². The van der Waals surface area contributed by atoms with Crippen LogP contribution in [0.1, 0.15) is 12.0 Å². The molecule has 1 aromatic rings. The minimum atomic E-state index is -0.923.